The van der Waals surface area contributed by atoms with E-state index in [0.717, 1.165) is 12.5 Å². The van der Waals surface area contributed by atoms with Crippen LogP contribution in [0.15, 0.2) is 24.3 Å². The van der Waals surface area contributed by atoms with Crippen molar-refractivity contribution in [1.82, 2.24) is 10.2 Å². The van der Waals surface area contributed by atoms with E-state index in [4.69, 9.17) is 0 Å². The molecule has 1 unspecified atom stereocenters. The van der Waals surface area contributed by atoms with Crippen LogP contribution in [0, 0.1) is 5.92 Å². The van der Waals surface area contributed by atoms with E-state index in [-0.39, 0.29) is 0 Å². The highest BCUT2D eigenvalue weighted by atomic mass is 15.1. The zero-order valence-electron chi connectivity index (χ0n) is 14.1. The minimum Gasteiger partial charge on any atom is -0.312 e. The average Bonchev–Trinajstić information content (AvgIpc) is 2.74. The van der Waals surface area contributed by atoms with Crippen molar-refractivity contribution in [3.8, 4) is 0 Å². The molecule has 0 aliphatic carbocycles. The fourth-order valence-electron chi connectivity index (χ4n) is 3.30. The van der Waals surface area contributed by atoms with Gasteiger partial charge in [-0.2, -0.15) is 0 Å². The topological polar surface area (TPSA) is 15.3 Å². The fraction of sp³-hybridized carbons (Fsp3) is 0.684. The molecule has 2 rings (SSSR count). The van der Waals surface area contributed by atoms with Crippen LogP contribution in [-0.4, -0.2) is 31.6 Å². The molecule has 0 amide bonds. The largest absolute Gasteiger partial charge is 0.312 e. The van der Waals surface area contributed by atoms with Gasteiger partial charge < -0.3 is 10.2 Å². The number of benzene rings is 1. The molecule has 118 valence electrons. The molecule has 1 aromatic carbocycles. The summed E-state index contributed by atoms with van der Waals surface area (Å²) in [4.78, 5) is 2.64. The van der Waals surface area contributed by atoms with Crippen LogP contribution in [0.25, 0.3) is 0 Å². The number of hydrogen-bond donors (Lipinski definition) is 1. The number of hydrogen-bond acceptors (Lipinski definition) is 2. The van der Waals surface area contributed by atoms with Crippen LogP contribution in [-0.2, 0) is 6.42 Å². The maximum absolute atomic E-state index is 3.50. The first kappa shape index (κ1) is 16.5. The van der Waals surface area contributed by atoms with Crippen LogP contribution in [0.5, 0.6) is 0 Å². The predicted molar refractivity (Wildman–Crippen MR) is 91.7 cm³/mol. The first-order valence-electron chi connectivity index (χ1n) is 8.67. The third-order valence-electron chi connectivity index (χ3n) is 4.51. The van der Waals surface area contributed by atoms with Crippen molar-refractivity contribution < 1.29 is 0 Å². The standard InChI is InChI=1S/C19H32N2/c1-16(2)14-17-8-10-18(11-9-17)19(20-3)15-21-12-6-4-5-7-13-21/h8-11,16,19-20H,4-7,12-15H2,1-3H3. The van der Waals surface area contributed by atoms with Crippen LogP contribution in [0.1, 0.15) is 56.7 Å². The minimum atomic E-state index is 0.455. The van der Waals surface area contributed by atoms with E-state index >= 15 is 0 Å². The third kappa shape index (κ3) is 5.44. The van der Waals surface area contributed by atoms with Gasteiger partial charge in [-0.3, -0.25) is 0 Å². The molecule has 1 aromatic rings. The number of likely N-dealkylation sites (tertiary alicyclic amines) is 1. The average molecular weight is 288 g/mol. The van der Waals surface area contributed by atoms with Gasteiger partial charge >= 0.3 is 0 Å². The molecular formula is C19H32N2. The predicted octanol–water partition coefficient (Wildman–Crippen LogP) is 4.02. The van der Waals surface area contributed by atoms with Crippen LogP contribution < -0.4 is 5.32 Å². The van der Waals surface area contributed by atoms with Gasteiger partial charge in [0.25, 0.3) is 0 Å². The van der Waals surface area contributed by atoms with E-state index in [0.29, 0.717) is 6.04 Å². The molecule has 21 heavy (non-hydrogen) atoms. The normalized spacial score (nSPS) is 18.7. The Morgan fingerprint density at radius 1 is 1.00 bits per heavy atom. The van der Waals surface area contributed by atoms with Crippen molar-refractivity contribution in [2.45, 2.75) is 52.0 Å². The number of nitrogens with zero attached hydrogens (tertiary/aromatic N) is 1. The van der Waals surface area contributed by atoms with Gasteiger partial charge in [-0.25, -0.2) is 0 Å². The second-order valence-corrected chi connectivity index (χ2v) is 6.90. The summed E-state index contributed by atoms with van der Waals surface area (Å²) in [6, 6.07) is 9.70. The Morgan fingerprint density at radius 2 is 1.62 bits per heavy atom. The molecular weight excluding hydrogens is 256 g/mol. The lowest BCUT2D eigenvalue weighted by molar-refractivity contribution is 0.255. The molecule has 1 saturated heterocycles. The second-order valence-electron chi connectivity index (χ2n) is 6.90. The number of rotatable bonds is 6. The van der Waals surface area contributed by atoms with Gasteiger partial charge in [0.1, 0.15) is 0 Å². The van der Waals surface area contributed by atoms with Crippen molar-refractivity contribution in [1.29, 1.82) is 0 Å². The Labute approximate surface area is 130 Å². The maximum Gasteiger partial charge on any atom is 0.0446 e. The van der Waals surface area contributed by atoms with Gasteiger partial charge in [-0.15, -0.1) is 0 Å². The second kappa shape index (κ2) is 8.55. The molecule has 0 spiro atoms. The van der Waals surface area contributed by atoms with E-state index in [2.05, 4.69) is 55.4 Å². The summed E-state index contributed by atoms with van der Waals surface area (Å²) >= 11 is 0. The van der Waals surface area contributed by atoms with Gasteiger partial charge in [0, 0.05) is 12.6 Å². The lowest BCUT2D eigenvalue weighted by Gasteiger charge is -2.26. The van der Waals surface area contributed by atoms with Gasteiger partial charge in [0.15, 0.2) is 0 Å². The molecule has 2 nitrogen and oxygen atoms in total. The Kier molecular flexibility index (Phi) is 6.72. The van der Waals surface area contributed by atoms with Crippen molar-refractivity contribution in [2.75, 3.05) is 26.7 Å². The van der Waals surface area contributed by atoms with E-state index in [1.807, 2.05) is 0 Å². The highest BCUT2D eigenvalue weighted by Crippen LogP contribution is 2.19. The molecule has 0 saturated carbocycles. The lowest BCUT2D eigenvalue weighted by atomic mass is 9.99. The highest BCUT2D eigenvalue weighted by molar-refractivity contribution is 5.25. The molecule has 1 aliphatic heterocycles. The van der Waals surface area contributed by atoms with Crippen LogP contribution in [0.4, 0.5) is 0 Å². The first-order valence-corrected chi connectivity index (χ1v) is 8.67. The monoisotopic (exact) mass is 288 g/mol. The zero-order valence-corrected chi connectivity index (χ0v) is 14.1. The van der Waals surface area contributed by atoms with Gasteiger partial charge in [0.2, 0.25) is 0 Å². The van der Waals surface area contributed by atoms with E-state index in [1.165, 1.54) is 56.3 Å². The number of nitrogens with one attached hydrogen (secondary N) is 1. The number of likely N-dealkylation sites (N-methyl/N-ethyl adjacent to an activating group) is 1. The SMILES string of the molecule is CNC(CN1CCCCCC1)c1ccc(CC(C)C)cc1. The van der Waals surface area contributed by atoms with Crippen molar-refractivity contribution in [3.05, 3.63) is 35.4 Å². The first-order chi connectivity index (χ1) is 10.2. The summed E-state index contributed by atoms with van der Waals surface area (Å²) < 4.78 is 0. The summed E-state index contributed by atoms with van der Waals surface area (Å²) in [6.07, 6.45) is 6.72. The van der Waals surface area contributed by atoms with Gasteiger partial charge in [0.05, 0.1) is 0 Å². The summed E-state index contributed by atoms with van der Waals surface area (Å²) in [7, 11) is 2.09. The Balaban J connectivity index is 1.96. The Morgan fingerprint density at radius 3 is 2.14 bits per heavy atom. The molecule has 1 heterocycles. The molecule has 0 radical (unpaired) electrons. The van der Waals surface area contributed by atoms with Crippen LogP contribution in [0.2, 0.25) is 0 Å². The van der Waals surface area contributed by atoms with Gasteiger partial charge in [-0.05, 0) is 56.4 Å². The molecule has 0 aromatic heterocycles. The fourth-order valence-corrected chi connectivity index (χ4v) is 3.30. The highest BCUT2D eigenvalue weighted by Gasteiger charge is 2.16. The van der Waals surface area contributed by atoms with Gasteiger partial charge in [-0.1, -0.05) is 51.0 Å². The molecule has 1 fully saturated rings. The minimum absolute atomic E-state index is 0.455. The summed E-state index contributed by atoms with van der Waals surface area (Å²) in [5.74, 6) is 0.730. The summed E-state index contributed by atoms with van der Waals surface area (Å²) in [5.41, 5.74) is 2.88. The molecule has 1 atom stereocenters. The lowest BCUT2D eigenvalue weighted by Crippen LogP contribution is -2.34. The third-order valence-corrected chi connectivity index (χ3v) is 4.51. The van der Waals surface area contributed by atoms with E-state index in [9.17, 15) is 0 Å². The Hall–Kier alpha value is -0.860. The smallest absolute Gasteiger partial charge is 0.0446 e. The van der Waals surface area contributed by atoms with Crippen LogP contribution in [0.3, 0.4) is 0 Å². The van der Waals surface area contributed by atoms with E-state index < -0.39 is 0 Å². The maximum atomic E-state index is 3.50. The van der Waals surface area contributed by atoms with E-state index in [1.54, 1.807) is 0 Å². The quantitative estimate of drug-likeness (QED) is 0.850. The van der Waals surface area contributed by atoms with Crippen molar-refractivity contribution in [2.24, 2.45) is 5.92 Å². The summed E-state index contributed by atoms with van der Waals surface area (Å²) in [5, 5.41) is 3.50. The molecule has 1 N–H and O–H groups in total. The molecule has 2 heteroatoms. The zero-order chi connectivity index (χ0) is 15.1. The summed E-state index contributed by atoms with van der Waals surface area (Å²) in [6.45, 7) is 8.24. The molecule has 1 aliphatic rings. The molecule has 0 bridgehead atoms. The Bertz CT molecular complexity index is 389. The van der Waals surface area contributed by atoms with Crippen molar-refractivity contribution >= 4 is 0 Å². The van der Waals surface area contributed by atoms with Crippen molar-refractivity contribution in [3.63, 3.8) is 0 Å². The van der Waals surface area contributed by atoms with Crippen LogP contribution >= 0.6 is 0 Å².